The highest BCUT2D eigenvalue weighted by Crippen LogP contribution is 2.40. The molecule has 40 heavy (non-hydrogen) atoms. The molecule has 2 aromatic carbocycles. The van der Waals surface area contributed by atoms with Crippen LogP contribution < -0.4 is 14.8 Å². The summed E-state index contributed by atoms with van der Waals surface area (Å²) in [4.78, 5) is 33.8. The van der Waals surface area contributed by atoms with Gasteiger partial charge in [-0.1, -0.05) is 42.3 Å². The predicted octanol–water partition coefficient (Wildman–Crippen LogP) is 5.50. The summed E-state index contributed by atoms with van der Waals surface area (Å²) in [6.45, 7) is 0.719. The van der Waals surface area contributed by atoms with Gasteiger partial charge in [0.1, 0.15) is 23.7 Å². The Labute approximate surface area is 237 Å². The van der Waals surface area contributed by atoms with E-state index in [4.69, 9.17) is 37.4 Å². The third kappa shape index (κ3) is 6.48. The van der Waals surface area contributed by atoms with Gasteiger partial charge in [-0.2, -0.15) is 0 Å². The van der Waals surface area contributed by atoms with Crippen molar-refractivity contribution in [2.45, 2.75) is 31.2 Å². The summed E-state index contributed by atoms with van der Waals surface area (Å²) < 4.78 is 56.1. The van der Waals surface area contributed by atoms with E-state index in [-0.39, 0.29) is 63.9 Å². The molecule has 212 valence electrons. The quantitative estimate of drug-likeness (QED) is 0.311. The molecule has 0 unspecified atom stereocenters. The fourth-order valence-electron chi connectivity index (χ4n) is 4.18. The van der Waals surface area contributed by atoms with Crippen molar-refractivity contribution >= 4 is 34.9 Å². The lowest BCUT2D eigenvalue weighted by Gasteiger charge is -2.41. The van der Waals surface area contributed by atoms with Gasteiger partial charge in [0.15, 0.2) is 5.78 Å². The van der Waals surface area contributed by atoms with E-state index in [9.17, 15) is 18.4 Å². The molecule has 1 saturated heterocycles. The van der Waals surface area contributed by atoms with E-state index in [2.05, 4.69) is 15.3 Å². The standard InChI is InChI=1S/C27H24Cl2F3N3O5/c1-14(5-22(36)27(12-39-13-27)35-25(37)16-9-33-26(38-2)34-10-16)18-4-3-15(6-21(18)30)19-7-17(28)8-20(29)24(19)40-11-23(31)32/h3-4,6-10,14,23H,5,11-13H2,1-2H3,(H,35,37)/t14-/m0/s1. The number of ketones is 1. The van der Waals surface area contributed by atoms with Gasteiger partial charge in [0.2, 0.25) is 0 Å². The number of amides is 1. The first-order chi connectivity index (χ1) is 19.0. The Kier molecular flexibility index (Phi) is 9.17. The molecule has 1 fully saturated rings. The highest BCUT2D eigenvalue weighted by Gasteiger charge is 2.47. The number of carbonyl (C=O) groups is 2. The third-order valence-corrected chi connectivity index (χ3v) is 6.85. The van der Waals surface area contributed by atoms with Crippen molar-refractivity contribution in [3.8, 4) is 22.9 Å². The van der Waals surface area contributed by atoms with E-state index in [1.807, 2.05) is 0 Å². The number of nitrogens with zero attached hydrogens (tertiary/aromatic N) is 2. The van der Waals surface area contributed by atoms with Crippen LogP contribution in [0.1, 0.15) is 35.2 Å². The number of ether oxygens (including phenoxy) is 3. The van der Waals surface area contributed by atoms with E-state index in [0.29, 0.717) is 5.56 Å². The van der Waals surface area contributed by atoms with Gasteiger partial charge in [-0.25, -0.2) is 23.1 Å². The van der Waals surface area contributed by atoms with Gasteiger partial charge < -0.3 is 19.5 Å². The fraction of sp³-hybridized carbons (Fsp3) is 0.333. The van der Waals surface area contributed by atoms with Crippen LogP contribution in [-0.4, -0.2) is 60.6 Å². The van der Waals surface area contributed by atoms with E-state index in [1.165, 1.54) is 43.8 Å². The number of aromatic nitrogens is 2. The van der Waals surface area contributed by atoms with Crippen LogP contribution >= 0.6 is 23.2 Å². The molecule has 4 rings (SSSR count). The number of halogens is 5. The number of hydrogen-bond acceptors (Lipinski definition) is 7. The molecule has 1 amide bonds. The maximum Gasteiger partial charge on any atom is 0.316 e. The molecule has 0 aliphatic carbocycles. The molecule has 13 heteroatoms. The van der Waals surface area contributed by atoms with E-state index < -0.39 is 36.2 Å². The minimum absolute atomic E-state index is 0.00265. The highest BCUT2D eigenvalue weighted by atomic mass is 35.5. The van der Waals surface area contributed by atoms with Crippen LogP contribution in [0.15, 0.2) is 42.7 Å². The van der Waals surface area contributed by atoms with Crippen LogP contribution in [0, 0.1) is 5.82 Å². The molecule has 2 heterocycles. The second-order valence-electron chi connectivity index (χ2n) is 9.22. The van der Waals surface area contributed by atoms with Gasteiger partial charge in [0.05, 0.1) is 30.9 Å². The maximum absolute atomic E-state index is 15.3. The van der Waals surface area contributed by atoms with Crippen molar-refractivity contribution in [3.05, 3.63) is 69.7 Å². The Bertz CT molecular complexity index is 1400. The zero-order chi connectivity index (χ0) is 29.0. The van der Waals surface area contributed by atoms with Crippen molar-refractivity contribution in [2.75, 3.05) is 26.9 Å². The predicted molar refractivity (Wildman–Crippen MR) is 141 cm³/mol. The number of nitrogens with one attached hydrogen (secondary N) is 1. The van der Waals surface area contributed by atoms with E-state index >= 15 is 4.39 Å². The van der Waals surface area contributed by atoms with Crippen LogP contribution in [0.3, 0.4) is 0 Å². The lowest BCUT2D eigenvalue weighted by molar-refractivity contribution is -0.144. The van der Waals surface area contributed by atoms with Gasteiger partial charge >= 0.3 is 6.01 Å². The normalized spacial score (nSPS) is 14.8. The third-order valence-electron chi connectivity index (χ3n) is 6.35. The SMILES string of the molecule is COc1ncc(C(=O)NC2(C(=O)C[C@H](C)c3ccc(-c4cc(Cl)cc(Cl)c4OCC(F)F)cc3F)COC2)cn1. The lowest BCUT2D eigenvalue weighted by atomic mass is 9.83. The van der Waals surface area contributed by atoms with Gasteiger partial charge in [0, 0.05) is 29.4 Å². The Morgan fingerprint density at radius 2 is 1.85 bits per heavy atom. The first-order valence-corrected chi connectivity index (χ1v) is 12.8. The molecule has 1 N–H and O–H groups in total. The van der Waals surface area contributed by atoms with Crippen LogP contribution in [0.4, 0.5) is 13.2 Å². The maximum atomic E-state index is 15.3. The summed E-state index contributed by atoms with van der Waals surface area (Å²) in [5.41, 5.74) is -0.358. The van der Waals surface area contributed by atoms with Crippen LogP contribution in [0.25, 0.3) is 11.1 Å². The monoisotopic (exact) mass is 597 g/mol. The van der Waals surface area contributed by atoms with Crippen LogP contribution in [0.5, 0.6) is 11.8 Å². The number of benzene rings is 2. The number of hydrogen-bond donors (Lipinski definition) is 1. The van der Waals surface area contributed by atoms with Crippen LogP contribution in [-0.2, 0) is 9.53 Å². The molecule has 1 aliphatic heterocycles. The summed E-state index contributed by atoms with van der Waals surface area (Å²) in [5.74, 6) is -2.15. The van der Waals surface area contributed by atoms with Crippen molar-refractivity contribution in [3.63, 3.8) is 0 Å². The number of methoxy groups -OCH3 is 1. The molecule has 0 saturated carbocycles. The smallest absolute Gasteiger partial charge is 0.316 e. The molecule has 1 aliphatic rings. The van der Waals surface area contributed by atoms with Crippen molar-refractivity contribution < 1.29 is 37.0 Å². The second-order valence-corrected chi connectivity index (χ2v) is 10.1. The molecule has 1 atom stereocenters. The summed E-state index contributed by atoms with van der Waals surface area (Å²) in [5, 5.41) is 2.92. The van der Waals surface area contributed by atoms with Crippen molar-refractivity contribution in [2.24, 2.45) is 0 Å². The zero-order valence-corrected chi connectivity index (χ0v) is 22.9. The fourth-order valence-corrected chi connectivity index (χ4v) is 4.73. The average molecular weight is 598 g/mol. The Morgan fingerprint density at radius 1 is 1.15 bits per heavy atom. The topological polar surface area (TPSA) is 99.6 Å². The molecule has 0 radical (unpaired) electrons. The summed E-state index contributed by atoms with van der Waals surface area (Å²) in [7, 11) is 1.39. The number of rotatable bonds is 11. The average Bonchev–Trinajstić information content (AvgIpc) is 2.89. The minimum Gasteiger partial charge on any atom is -0.485 e. The second kappa shape index (κ2) is 12.4. The van der Waals surface area contributed by atoms with Crippen LogP contribution in [0.2, 0.25) is 10.0 Å². The molecule has 1 aromatic heterocycles. The number of carbonyl (C=O) groups excluding carboxylic acids is 2. The molecule has 3 aromatic rings. The first-order valence-electron chi connectivity index (χ1n) is 12.0. The molecular weight excluding hydrogens is 574 g/mol. The minimum atomic E-state index is -2.74. The summed E-state index contributed by atoms with van der Waals surface area (Å²) >= 11 is 12.3. The summed E-state index contributed by atoms with van der Waals surface area (Å²) in [6, 6.07) is 7.11. The number of Topliss-reactive ketones (excluding diaryl/α,β-unsaturated/α-hetero) is 1. The summed E-state index contributed by atoms with van der Waals surface area (Å²) in [6.07, 6.45) is -0.286. The van der Waals surface area contributed by atoms with E-state index in [0.717, 1.165) is 0 Å². The Morgan fingerprint density at radius 3 is 2.42 bits per heavy atom. The van der Waals surface area contributed by atoms with E-state index in [1.54, 1.807) is 13.0 Å². The largest absolute Gasteiger partial charge is 0.485 e. The number of alkyl halides is 2. The first kappa shape index (κ1) is 29.6. The molecular formula is C27H24Cl2F3N3O5. The Balaban J connectivity index is 1.50. The molecule has 0 bridgehead atoms. The van der Waals surface area contributed by atoms with Gasteiger partial charge in [-0.05, 0) is 35.2 Å². The highest BCUT2D eigenvalue weighted by molar-refractivity contribution is 6.36. The van der Waals surface area contributed by atoms with Gasteiger partial charge in [-0.3, -0.25) is 9.59 Å². The zero-order valence-electron chi connectivity index (χ0n) is 21.4. The van der Waals surface area contributed by atoms with Gasteiger partial charge in [0.25, 0.3) is 12.3 Å². The van der Waals surface area contributed by atoms with Gasteiger partial charge in [-0.15, -0.1) is 0 Å². The molecule has 8 nitrogen and oxygen atoms in total. The Hall–Kier alpha value is -3.41. The van der Waals surface area contributed by atoms with Crippen molar-refractivity contribution in [1.82, 2.24) is 15.3 Å². The lowest BCUT2D eigenvalue weighted by Crippen LogP contribution is -2.67. The molecule has 0 spiro atoms. The van der Waals surface area contributed by atoms with Crippen molar-refractivity contribution in [1.29, 1.82) is 0 Å².